The van der Waals surface area contributed by atoms with Gasteiger partial charge in [-0.05, 0) is 64.0 Å². The van der Waals surface area contributed by atoms with Crippen molar-refractivity contribution >= 4 is 17.6 Å². The topological polar surface area (TPSA) is 59.2 Å². The minimum Gasteiger partial charge on any atom is -0.356 e. The third-order valence-electron chi connectivity index (χ3n) is 4.36. The quantitative estimate of drug-likeness (QED) is 0.718. The zero-order valence-corrected chi connectivity index (χ0v) is 15.9. The summed E-state index contributed by atoms with van der Waals surface area (Å²) in [7, 11) is 2.07. The summed E-state index contributed by atoms with van der Waals surface area (Å²) in [4.78, 5) is 12.6. The molecule has 1 unspecified atom stereocenters. The summed E-state index contributed by atoms with van der Waals surface area (Å²) in [6, 6.07) is 0.322. The van der Waals surface area contributed by atoms with Crippen LogP contribution in [-0.2, 0) is 0 Å². The van der Waals surface area contributed by atoms with Crippen molar-refractivity contribution in [2.24, 2.45) is 0 Å². The van der Waals surface area contributed by atoms with Crippen LogP contribution in [0, 0.1) is 0 Å². The third kappa shape index (κ3) is 3.30. The Morgan fingerprint density at radius 1 is 1.28 bits per heavy atom. The van der Waals surface area contributed by atoms with Crippen LogP contribution in [0.4, 0.5) is 17.6 Å². The van der Waals surface area contributed by atoms with Gasteiger partial charge in [-0.2, -0.15) is 4.98 Å². The van der Waals surface area contributed by atoms with Crippen molar-refractivity contribution in [1.29, 1.82) is 0 Å². The van der Waals surface area contributed by atoms with Gasteiger partial charge in [0, 0.05) is 25.3 Å². The number of hydrogen-bond acceptors (Lipinski definition) is 5. The summed E-state index contributed by atoms with van der Waals surface area (Å²) in [6.07, 6.45) is 6.33. The van der Waals surface area contributed by atoms with E-state index in [9.17, 15) is 0 Å². The molecular weight excluding hydrogens is 312 g/mol. The summed E-state index contributed by atoms with van der Waals surface area (Å²) in [5, 5.41) is 6.90. The second-order valence-corrected chi connectivity index (χ2v) is 6.84. The van der Waals surface area contributed by atoms with Crippen LogP contribution < -0.4 is 20.4 Å². The Balaban J connectivity index is 1.88. The van der Waals surface area contributed by atoms with Crippen molar-refractivity contribution in [1.82, 2.24) is 15.3 Å². The number of H-pyrrole nitrogens is 1. The Hall–Kier alpha value is -2.59. The molecule has 2 heterocycles. The number of imidazole rings is 1. The molecule has 0 saturated carbocycles. The van der Waals surface area contributed by atoms with Crippen molar-refractivity contribution in [3.63, 3.8) is 0 Å². The first-order valence-corrected chi connectivity index (χ1v) is 8.86. The van der Waals surface area contributed by atoms with Gasteiger partial charge in [-0.1, -0.05) is 0 Å². The van der Waals surface area contributed by atoms with E-state index in [0.717, 1.165) is 41.0 Å². The first-order chi connectivity index (χ1) is 11.9. The Morgan fingerprint density at radius 2 is 2.04 bits per heavy atom. The van der Waals surface area contributed by atoms with Crippen LogP contribution in [0.1, 0.15) is 34.6 Å². The second kappa shape index (κ2) is 6.73. The number of aromatic nitrogens is 2. The zero-order valence-electron chi connectivity index (χ0n) is 15.9. The minimum atomic E-state index is 0.00605. The van der Waals surface area contributed by atoms with Gasteiger partial charge in [0.25, 0.3) is 0 Å². The predicted molar refractivity (Wildman–Crippen MR) is 105 cm³/mol. The van der Waals surface area contributed by atoms with Gasteiger partial charge >= 0.3 is 0 Å². The average Bonchev–Trinajstić information content (AvgIpc) is 2.97. The molecule has 134 valence electrons. The van der Waals surface area contributed by atoms with Crippen LogP contribution in [0.25, 0.3) is 0 Å². The maximum Gasteiger partial charge on any atom is 0.203 e. The third-order valence-corrected chi connectivity index (χ3v) is 4.36. The van der Waals surface area contributed by atoms with E-state index < -0.39 is 0 Å². The molecule has 0 aromatic carbocycles. The maximum atomic E-state index is 4.70. The van der Waals surface area contributed by atoms with Crippen molar-refractivity contribution in [2.45, 2.75) is 47.0 Å². The molecule has 1 aliphatic heterocycles. The SMILES string of the molecule is CCNc1nc2c([nH]1)N(C(C)C)C(NC1=CC(C)=C=C(C)C=C1)N2C. The summed E-state index contributed by atoms with van der Waals surface area (Å²) < 4.78 is 0. The van der Waals surface area contributed by atoms with E-state index in [-0.39, 0.29) is 6.29 Å². The van der Waals surface area contributed by atoms with Crippen LogP contribution in [0.15, 0.2) is 40.8 Å². The van der Waals surface area contributed by atoms with Crippen molar-refractivity contribution in [2.75, 3.05) is 28.7 Å². The monoisotopic (exact) mass is 340 g/mol. The lowest BCUT2D eigenvalue weighted by atomic mass is 10.2. The van der Waals surface area contributed by atoms with Crippen LogP contribution in [0.2, 0.25) is 0 Å². The number of rotatable bonds is 5. The van der Waals surface area contributed by atoms with E-state index in [2.05, 4.69) is 91.0 Å². The first-order valence-electron chi connectivity index (χ1n) is 8.86. The summed E-state index contributed by atoms with van der Waals surface area (Å²) in [5.74, 6) is 2.82. The molecule has 1 aromatic rings. The summed E-state index contributed by atoms with van der Waals surface area (Å²) >= 11 is 0. The van der Waals surface area contributed by atoms with Crippen LogP contribution in [0.5, 0.6) is 0 Å². The number of nitrogens with zero attached hydrogens (tertiary/aromatic N) is 3. The lowest BCUT2D eigenvalue weighted by molar-refractivity contribution is 0.507. The van der Waals surface area contributed by atoms with Crippen LogP contribution >= 0.6 is 0 Å². The van der Waals surface area contributed by atoms with Gasteiger partial charge in [0.2, 0.25) is 5.95 Å². The first kappa shape index (κ1) is 17.2. The van der Waals surface area contributed by atoms with Gasteiger partial charge in [-0.25, -0.2) is 0 Å². The molecule has 3 rings (SSSR count). The number of anilines is 3. The van der Waals surface area contributed by atoms with E-state index in [1.165, 1.54) is 0 Å². The Labute approximate surface area is 150 Å². The molecule has 0 bridgehead atoms. The van der Waals surface area contributed by atoms with E-state index in [1.54, 1.807) is 0 Å². The molecule has 2 aliphatic rings. The molecule has 0 spiro atoms. The van der Waals surface area contributed by atoms with Gasteiger partial charge in [0.1, 0.15) is 0 Å². The molecule has 0 amide bonds. The number of hydrogen-bond donors (Lipinski definition) is 3. The molecule has 1 aliphatic carbocycles. The van der Waals surface area contributed by atoms with E-state index in [4.69, 9.17) is 4.98 Å². The van der Waals surface area contributed by atoms with Gasteiger partial charge in [0.05, 0.1) is 0 Å². The molecule has 6 heteroatoms. The molecule has 1 aromatic heterocycles. The van der Waals surface area contributed by atoms with E-state index in [0.29, 0.717) is 6.04 Å². The van der Waals surface area contributed by atoms with Gasteiger partial charge in [-0.3, -0.25) is 0 Å². The highest BCUT2D eigenvalue weighted by Gasteiger charge is 2.38. The normalized spacial score (nSPS) is 19.5. The number of aromatic amines is 1. The van der Waals surface area contributed by atoms with Crippen molar-refractivity contribution < 1.29 is 0 Å². The maximum absolute atomic E-state index is 4.70. The molecule has 1 atom stereocenters. The molecule has 3 N–H and O–H groups in total. The standard InChI is InChI=1S/C19H28N6/c1-7-20-18-22-16-17(23-18)25(12(2)3)19(24(16)6)21-15-9-8-13(4)10-14(5)11-15/h8-9,11-12,19,21H,7H2,1-6H3,(H2,20,22,23). The highest BCUT2D eigenvalue weighted by Crippen LogP contribution is 2.38. The largest absolute Gasteiger partial charge is 0.356 e. The number of nitrogens with one attached hydrogen (secondary N) is 3. The minimum absolute atomic E-state index is 0.00605. The molecule has 0 saturated heterocycles. The lowest BCUT2D eigenvalue weighted by Crippen LogP contribution is -2.54. The molecular formula is C19H28N6. The predicted octanol–water partition coefficient (Wildman–Crippen LogP) is 3.32. The zero-order chi connectivity index (χ0) is 18.1. The molecule has 0 radical (unpaired) electrons. The second-order valence-electron chi connectivity index (χ2n) is 6.84. The fraction of sp³-hybridized carbons (Fsp3) is 0.474. The smallest absolute Gasteiger partial charge is 0.203 e. The Morgan fingerprint density at radius 3 is 2.72 bits per heavy atom. The van der Waals surface area contributed by atoms with Crippen LogP contribution in [-0.4, -0.2) is 35.9 Å². The highest BCUT2D eigenvalue weighted by atomic mass is 15.5. The van der Waals surface area contributed by atoms with Gasteiger partial charge in [0.15, 0.2) is 17.9 Å². The van der Waals surface area contributed by atoms with Crippen molar-refractivity contribution in [3.8, 4) is 0 Å². The average molecular weight is 340 g/mol. The van der Waals surface area contributed by atoms with Gasteiger partial charge < -0.3 is 25.4 Å². The molecule has 6 nitrogen and oxygen atoms in total. The van der Waals surface area contributed by atoms with Crippen LogP contribution in [0.3, 0.4) is 0 Å². The van der Waals surface area contributed by atoms with E-state index in [1.807, 2.05) is 0 Å². The highest BCUT2D eigenvalue weighted by molar-refractivity contribution is 5.73. The van der Waals surface area contributed by atoms with Crippen molar-refractivity contribution in [3.05, 3.63) is 40.8 Å². The fourth-order valence-corrected chi connectivity index (χ4v) is 3.29. The summed E-state index contributed by atoms with van der Waals surface area (Å²) in [5.41, 5.74) is 6.67. The Kier molecular flexibility index (Phi) is 4.64. The van der Waals surface area contributed by atoms with Gasteiger partial charge in [-0.15, -0.1) is 5.73 Å². The van der Waals surface area contributed by atoms with E-state index >= 15 is 0 Å². The molecule has 25 heavy (non-hydrogen) atoms. The summed E-state index contributed by atoms with van der Waals surface area (Å²) in [6.45, 7) is 11.4. The Bertz CT molecular complexity index is 776. The number of allylic oxidation sites excluding steroid dienone is 4. The lowest BCUT2D eigenvalue weighted by Gasteiger charge is -2.34. The fourth-order valence-electron chi connectivity index (χ4n) is 3.29. The molecule has 0 fully saturated rings. The number of fused-ring (bicyclic) bond motifs is 1.